The molecule has 0 unspecified atom stereocenters. The summed E-state index contributed by atoms with van der Waals surface area (Å²) in [4.78, 5) is 14.2. The van der Waals surface area contributed by atoms with Gasteiger partial charge in [-0.15, -0.1) is 0 Å². The molecule has 0 aliphatic carbocycles. The third-order valence-electron chi connectivity index (χ3n) is 3.77. The minimum absolute atomic E-state index is 0.00837. The van der Waals surface area contributed by atoms with E-state index in [0.29, 0.717) is 13.1 Å². The summed E-state index contributed by atoms with van der Waals surface area (Å²) >= 11 is 0. The van der Waals surface area contributed by atoms with E-state index >= 15 is 0 Å². The number of nitrogens with zero attached hydrogens (tertiary/aromatic N) is 2. The van der Waals surface area contributed by atoms with Crippen LogP contribution in [0.25, 0.3) is 0 Å². The molecule has 5 nitrogen and oxygen atoms in total. The minimum Gasteiger partial charge on any atom is -0.335 e. The molecule has 2 N–H and O–H groups in total. The number of nitrogens with one attached hydrogen (secondary N) is 2. The fraction of sp³-hybridized carbons (Fsp3) is 0.375. The largest absolute Gasteiger partial charge is 0.335 e. The first kappa shape index (κ1) is 13.7. The molecule has 3 rings (SSSR count). The van der Waals surface area contributed by atoms with E-state index in [1.165, 1.54) is 11.1 Å². The van der Waals surface area contributed by atoms with Crippen LogP contribution in [-0.4, -0.2) is 27.2 Å². The number of amides is 2. The van der Waals surface area contributed by atoms with Crippen molar-refractivity contribution in [2.45, 2.75) is 39.4 Å². The first-order chi connectivity index (χ1) is 10.1. The maximum absolute atomic E-state index is 12.3. The van der Waals surface area contributed by atoms with Crippen molar-refractivity contribution < 1.29 is 4.79 Å². The lowest BCUT2D eigenvalue weighted by Gasteiger charge is -2.20. The molecular formula is C16H20N4O. The van der Waals surface area contributed by atoms with E-state index < -0.39 is 0 Å². The Balaban J connectivity index is 1.55. The van der Waals surface area contributed by atoms with Gasteiger partial charge in [0, 0.05) is 31.2 Å². The molecule has 1 aromatic carbocycles. The SMILES string of the molecule is Cc1cc(C[C@H](C)NC(=O)N2Cc3ccccc3C2)n[nH]1. The number of rotatable bonds is 3. The fourth-order valence-corrected chi connectivity index (χ4v) is 2.72. The normalized spacial score (nSPS) is 14.9. The number of hydrogen-bond donors (Lipinski definition) is 2. The van der Waals surface area contributed by atoms with Gasteiger partial charge in [0.1, 0.15) is 0 Å². The third kappa shape index (κ3) is 3.07. The Hall–Kier alpha value is -2.30. The molecule has 110 valence electrons. The first-order valence-corrected chi connectivity index (χ1v) is 7.25. The van der Waals surface area contributed by atoms with Gasteiger partial charge in [0.2, 0.25) is 0 Å². The molecule has 2 amide bonds. The molecule has 0 fully saturated rings. The smallest absolute Gasteiger partial charge is 0.318 e. The van der Waals surface area contributed by atoms with Crippen LogP contribution in [-0.2, 0) is 19.5 Å². The van der Waals surface area contributed by atoms with Gasteiger partial charge in [-0.1, -0.05) is 24.3 Å². The minimum atomic E-state index is -0.00837. The quantitative estimate of drug-likeness (QED) is 0.909. The van der Waals surface area contributed by atoms with Crippen molar-refractivity contribution in [3.63, 3.8) is 0 Å². The molecule has 1 aromatic heterocycles. The maximum Gasteiger partial charge on any atom is 0.318 e. The summed E-state index contributed by atoms with van der Waals surface area (Å²) < 4.78 is 0. The monoisotopic (exact) mass is 284 g/mol. The summed E-state index contributed by atoms with van der Waals surface area (Å²) in [5.74, 6) is 0. The summed E-state index contributed by atoms with van der Waals surface area (Å²) in [5, 5.41) is 10.2. The molecule has 0 radical (unpaired) electrons. The number of carbonyl (C=O) groups excluding carboxylic acids is 1. The highest BCUT2D eigenvalue weighted by molar-refractivity contribution is 5.75. The van der Waals surface area contributed by atoms with Crippen LogP contribution in [0, 0.1) is 6.92 Å². The lowest BCUT2D eigenvalue weighted by atomic mass is 10.1. The Morgan fingerprint density at radius 1 is 1.38 bits per heavy atom. The van der Waals surface area contributed by atoms with Crippen molar-refractivity contribution in [1.29, 1.82) is 0 Å². The molecule has 1 aliphatic heterocycles. The van der Waals surface area contributed by atoms with E-state index in [0.717, 1.165) is 17.8 Å². The summed E-state index contributed by atoms with van der Waals surface area (Å²) in [5.41, 5.74) is 4.50. The fourth-order valence-electron chi connectivity index (χ4n) is 2.72. The second-order valence-corrected chi connectivity index (χ2v) is 5.72. The third-order valence-corrected chi connectivity index (χ3v) is 3.77. The van der Waals surface area contributed by atoms with Crippen LogP contribution in [0.4, 0.5) is 4.79 Å². The van der Waals surface area contributed by atoms with Gasteiger partial charge in [-0.25, -0.2) is 4.79 Å². The van der Waals surface area contributed by atoms with Crippen LogP contribution in [0.2, 0.25) is 0 Å². The van der Waals surface area contributed by atoms with Gasteiger partial charge in [-0.3, -0.25) is 5.10 Å². The van der Waals surface area contributed by atoms with Crippen molar-refractivity contribution in [1.82, 2.24) is 20.4 Å². The molecule has 0 spiro atoms. The topological polar surface area (TPSA) is 61.0 Å². The zero-order chi connectivity index (χ0) is 14.8. The summed E-state index contributed by atoms with van der Waals surface area (Å²) in [6.07, 6.45) is 0.733. The van der Waals surface area contributed by atoms with Crippen molar-refractivity contribution >= 4 is 6.03 Å². The van der Waals surface area contributed by atoms with Gasteiger partial charge in [-0.2, -0.15) is 5.10 Å². The number of aromatic amines is 1. The number of carbonyl (C=O) groups is 1. The lowest BCUT2D eigenvalue weighted by molar-refractivity contribution is 0.195. The maximum atomic E-state index is 12.3. The van der Waals surface area contributed by atoms with Gasteiger partial charge >= 0.3 is 6.03 Å². The van der Waals surface area contributed by atoms with Gasteiger partial charge in [0.05, 0.1) is 5.69 Å². The summed E-state index contributed by atoms with van der Waals surface area (Å²) in [7, 11) is 0. The van der Waals surface area contributed by atoms with Crippen LogP contribution in [0.5, 0.6) is 0 Å². The predicted octanol–water partition coefficient (Wildman–Crippen LogP) is 2.37. The number of fused-ring (bicyclic) bond motifs is 1. The Kier molecular flexibility index (Phi) is 3.64. The predicted molar refractivity (Wildman–Crippen MR) is 80.7 cm³/mol. The lowest BCUT2D eigenvalue weighted by Crippen LogP contribution is -2.42. The van der Waals surface area contributed by atoms with Crippen LogP contribution < -0.4 is 5.32 Å². The zero-order valence-corrected chi connectivity index (χ0v) is 12.4. The number of aromatic nitrogens is 2. The van der Waals surface area contributed by atoms with Crippen molar-refractivity contribution in [3.05, 3.63) is 52.8 Å². The van der Waals surface area contributed by atoms with E-state index in [1.807, 2.05) is 36.9 Å². The highest BCUT2D eigenvalue weighted by Gasteiger charge is 2.23. The molecule has 1 atom stereocenters. The zero-order valence-electron chi connectivity index (χ0n) is 12.4. The van der Waals surface area contributed by atoms with E-state index in [4.69, 9.17) is 0 Å². The highest BCUT2D eigenvalue weighted by atomic mass is 16.2. The average molecular weight is 284 g/mol. The Bertz CT molecular complexity index is 624. The molecule has 2 heterocycles. The Morgan fingerprint density at radius 3 is 2.62 bits per heavy atom. The van der Waals surface area contributed by atoms with Gasteiger partial charge in [0.25, 0.3) is 0 Å². The molecule has 0 saturated heterocycles. The van der Waals surface area contributed by atoms with E-state index in [-0.39, 0.29) is 12.1 Å². The number of H-pyrrole nitrogens is 1. The Labute approximate surface area is 124 Å². The molecule has 1 aliphatic rings. The van der Waals surface area contributed by atoms with Gasteiger partial charge in [0.15, 0.2) is 0 Å². The average Bonchev–Trinajstić information content (AvgIpc) is 3.04. The number of benzene rings is 1. The van der Waals surface area contributed by atoms with Crippen molar-refractivity contribution in [3.8, 4) is 0 Å². The molecule has 0 bridgehead atoms. The number of urea groups is 1. The first-order valence-electron chi connectivity index (χ1n) is 7.25. The highest BCUT2D eigenvalue weighted by Crippen LogP contribution is 2.22. The molecule has 21 heavy (non-hydrogen) atoms. The van der Waals surface area contributed by atoms with Crippen LogP contribution in [0.1, 0.15) is 29.4 Å². The van der Waals surface area contributed by atoms with Crippen LogP contribution in [0.15, 0.2) is 30.3 Å². The second kappa shape index (κ2) is 5.60. The van der Waals surface area contributed by atoms with E-state index in [2.05, 4.69) is 27.6 Å². The van der Waals surface area contributed by atoms with Crippen LogP contribution in [0.3, 0.4) is 0 Å². The van der Waals surface area contributed by atoms with E-state index in [1.54, 1.807) is 0 Å². The molecule has 5 heteroatoms. The summed E-state index contributed by atoms with van der Waals surface area (Å²) in [6.45, 7) is 5.36. The van der Waals surface area contributed by atoms with Gasteiger partial charge in [-0.05, 0) is 31.0 Å². The molecule has 0 saturated carbocycles. The Morgan fingerprint density at radius 2 is 2.05 bits per heavy atom. The molecule has 2 aromatic rings. The van der Waals surface area contributed by atoms with Crippen molar-refractivity contribution in [2.75, 3.05) is 0 Å². The molecular weight excluding hydrogens is 264 g/mol. The summed E-state index contributed by atoms with van der Waals surface area (Å²) in [6, 6.07) is 10.3. The van der Waals surface area contributed by atoms with E-state index in [9.17, 15) is 4.79 Å². The standard InChI is InChI=1S/C16H20N4O/c1-11(7-15-8-12(2)18-19-15)17-16(21)20-9-13-5-3-4-6-14(13)10-20/h3-6,8,11H,7,9-10H2,1-2H3,(H,17,21)(H,18,19)/t11-/m0/s1. The van der Waals surface area contributed by atoms with Gasteiger partial charge < -0.3 is 10.2 Å². The van der Waals surface area contributed by atoms with Crippen molar-refractivity contribution in [2.24, 2.45) is 0 Å². The second-order valence-electron chi connectivity index (χ2n) is 5.72. The van der Waals surface area contributed by atoms with Crippen LogP contribution >= 0.6 is 0 Å². The number of aryl methyl sites for hydroxylation is 1. The number of hydrogen-bond acceptors (Lipinski definition) is 2.